The summed E-state index contributed by atoms with van der Waals surface area (Å²) < 4.78 is 33.4. The Labute approximate surface area is 258 Å². The molecule has 0 saturated carbocycles. The van der Waals surface area contributed by atoms with E-state index in [1.165, 1.54) is 13.0 Å². The lowest BCUT2D eigenvalue weighted by Gasteiger charge is -2.43. The molecule has 0 aliphatic carbocycles. The van der Waals surface area contributed by atoms with Crippen LogP contribution in [0, 0.1) is 0 Å². The molecular formula is C29H32O17. The van der Waals surface area contributed by atoms with Gasteiger partial charge in [-0.1, -0.05) is 0 Å². The van der Waals surface area contributed by atoms with Gasteiger partial charge in [0.1, 0.15) is 59.1 Å². The molecule has 10 unspecified atom stereocenters. The second-order valence-corrected chi connectivity index (χ2v) is 10.9. The molecule has 2 aliphatic rings. The number of aromatic hydroxyl groups is 4. The van der Waals surface area contributed by atoms with Gasteiger partial charge in [-0.25, -0.2) is 0 Å². The van der Waals surface area contributed by atoms with E-state index in [0.717, 1.165) is 31.2 Å². The number of hydrogen-bond donors (Lipinski definition) is 9. The van der Waals surface area contributed by atoms with Gasteiger partial charge in [0.05, 0.1) is 12.7 Å². The van der Waals surface area contributed by atoms with Crippen LogP contribution in [0.15, 0.2) is 39.5 Å². The molecule has 17 heteroatoms. The molecule has 3 heterocycles. The van der Waals surface area contributed by atoms with E-state index in [0.29, 0.717) is 0 Å². The first-order valence-electron chi connectivity index (χ1n) is 13.9. The summed E-state index contributed by atoms with van der Waals surface area (Å²) in [6, 6.07) is 5.20. The van der Waals surface area contributed by atoms with E-state index in [9.17, 15) is 55.5 Å². The molecule has 2 fully saturated rings. The number of phenols is 4. The Balaban J connectivity index is 1.53. The van der Waals surface area contributed by atoms with E-state index >= 15 is 0 Å². The van der Waals surface area contributed by atoms with Crippen molar-refractivity contribution >= 4 is 16.9 Å². The fourth-order valence-electron chi connectivity index (χ4n) is 5.14. The summed E-state index contributed by atoms with van der Waals surface area (Å²) in [5.41, 5.74) is -1.40. The van der Waals surface area contributed by atoms with Crippen LogP contribution in [0.5, 0.6) is 28.7 Å². The Kier molecular flexibility index (Phi) is 9.30. The van der Waals surface area contributed by atoms with Crippen LogP contribution in [0.25, 0.3) is 22.3 Å². The average Bonchev–Trinajstić information content (AvgIpc) is 2.99. The number of benzene rings is 2. The molecule has 2 aromatic carbocycles. The van der Waals surface area contributed by atoms with E-state index in [4.69, 9.17) is 28.1 Å². The highest BCUT2D eigenvalue weighted by molar-refractivity contribution is 5.88. The molecule has 46 heavy (non-hydrogen) atoms. The van der Waals surface area contributed by atoms with Gasteiger partial charge in [0, 0.05) is 24.6 Å². The van der Waals surface area contributed by atoms with E-state index in [1.54, 1.807) is 0 Å². The number of esters is 1. The quantitative estimate of drug-likeness (QED) is 0.108. The minimum atomic E-state index is -1.92. The average molecular weight is 653 g/mol. The molecule has 0 amide bonds. The first kappa shape index (κ1) is 33.2. The van der Waals surface area contributed by atoms with Crippen molar-refractivity contribution in [3.63, 3.8) is 0 Å². The number of ether oxygens (including phenoxy) is 5. The van der Waals surface area contributed by atoms with Crippen molar-refractivity contribution in [2.24, 2.45) is 0 Å². The van der Waals surface area contributed by atoms with Gasteiger partial charge in [0.2, 0.25) is 17.5 Å². The molecule has 250 valence electrons. The maximum absolute atomic E-state index is 13.8. The maximum Gasteiger partial charge on any atom is 0.303 e. The van der Waals surface area contributed by atoms with Gasteiger partial charge in [0.15, 0.2) is 29.7 Å². The van der Waals surface area contributed by atoms with E-state index in [-0.39, 0.29) is 11.1 Å². The van der Waals surface area contributed by atoms with E-state index < -0.39 is 119 Å². The topological polar surface area (TPSA) is 275 Å². The lowest BCUT2D eigenvalue weighted by atomic mass is 9.98. The van der Waals surface area contributed by atoms with Crippen molar-refractivity contribution in [3.8, 4) is 40.1 Å². The van der Waals surface area contributed by atoms with Crippen molar-refractivity contribution in [2.75, 3.05) is 6.61 Å². The Morgan fingerprint density at radius 3 is 2.22 bits per heavy atom. The number of carbonyl (C=O) groups is 1. The summed E-state index contributed by atoms with van der Waals surface area (Å²) in [5.74, 6) is -4.37. The van der Waals surface area contributed by atoms with Crippen molar-refractivity contribution in [2.45, 2.75) is 75.3 Å². The SMILES string of the molecule is CC(=O)OC1C(Oc2c(-c3ccc(O)c(O)c3)oc3cc(O)cc(O)c3c2=O)OC(COC2OC(C)C(O)C(O)C2O)C(O)C1O. The number of rotatable bonds is 7. The second-order valence-electron chi connectivity index (χ2n) is 10.9. The highest BCUT2D eigenvalue weighted by Crippen LogP contribution is 2.39. The van der Waals surface area contributed by atoms with Crippen LogP contribution in [0.1, 0.15) is 13.8 Å². The molecule has 2 saturated heterocycles. The molecule has 2 aliphatic heterocycles. The number of phenolic OH excluding ortho intramolecular Hbond substituents is 4. The smallest absolute Gasteiger partial charge is 0.303 e. The Hall–Kier alpha value is -4.20. The summed E-state index contributed by atoms with van der Waals surface area (Å²) in [6.07, 6.45) is -16.1. The zero-order chi connectivity index (χ0) is 33.6. The van der Waals surface area contributed by atoms with Gasteiger partial charge in [0.25, 0.3) is 0 Å². The molecule has 10 atom stereocenters. The molecule has 17 nitrogen and oxygen atoms in total. The number of aliphatic hydroxyl groups excluding tert-OH is 5. The molecule has 9 N–H and O–H groups in total. The van der Waals surface area contributed by atoms with Crippen LogP contribution in [-0.4, -0.2) is 120 Å². The molecule has 3 aromatic rings. The van der Waals surface area contributed by atoms with Crippen LogP contribution < -0.4 is 10.2 Å². The summed E-state index contributed by atoms with van der Waals surface area (Å²) in [4.78, 5) is 25.7. The van der Waals surface area contributed by atoms with Gasteiger partial charge in [-0.05, 0) is 25.1 Å². The normalized spacial score (nSPS) is 31.5. The second kappa shape index (κ2) is 12.9. The minimum absolute atomic E-state index is 0.0502. The molecule has 1 aromatic heterocycles. The van der Waals surface area contributed by atoms with Crippen LogP contribution in [0.3, 0.4) is 0 Å². The standard InChI is InChI=1S/C29H32O17/c1-9-19(35)22(38)24(40)28(42-9)41-8-17-20(36)23(39)27(43-10(2)30)29(45-17)46-26-21(37)18-15(34)6-12(31)7-16(18)44-25(26)11-3-4-13(32)14(33)5-11/h3-7,9,17,19-20,22-24,27-29,31-36,38-40H,8H2,1-2H3. The van der Waals surface area contributed by atoms with E-state index in [1.807, 2.05) is 0 Å². The zero-order valence-corrected chi connectivity index (χ0v) is 24.2. The van der Waals surface area contributed by atoms with Gasteiger partial charge < -0.3 is 74.1 Å². The maximum atomic E-state index is 13.8. The number of hydrogen-bond acceptors (Lipinski definition) is 17. The van der Waals surface area contributed by atoms with E-state index in [2.05, 4.69) is 0 Å². The fraction of sp³-hybridized carbons (Fsp3) is 0.448. The number of fused-ring (bicyclic) bond motifs is 1. The summed E-state index contributed by atoms with van der Waals surface area (Å²) in [7, 11) is 0. The van der Waals surface area contributed by atoms with Crippen LogP contribution in [-0.2, 0) is 23.7 Å². The van der Waals surface area contributed by atoms with Gasteiger partial charge in [-0.15, -0.1) is 0 Å². The highest BCUT2D eigenvalue weighted by atomic mass is 16.7. The van der Waals surface area contributed by atoms with Crippen molar-refractivity contribution < 1.29 is 78.9 Å². The summed E-state index contributed by atoms with van der Waals surface area (Å²) in [6.45, 7) is 1.78. The predicted octanol–water partition coefficient (Wildman–Crippen LogP) is -1.12. The molecule has 0 bridgehead atoms. The number of aliphatic hydroxyl groups is 5. The molecule has 0 spiro atoms. The summed E-state index contributed by atoms with van der Waals surface area (Å²) >= 11 is 0. The lowest BCUT2D eigenvalue weighted by Crippen LogP contribution is -2.62. The third kappa shape index (κ3) is 6.26. The third-order valence-corrected chi connectivity index (χ3v) is 7.57. The van der Waals surface area contributed by atoms with Crippen LogP contribution in [0.4, 0.5) is 0 Å². The molecular weight excluding hydrogens is 620 g/mol. The largest absolute Gasteiger partial charge is 0.508 e. The van der Waals surface area contributed by atoms with Gasteiger partial charge in [-0.2, -0.15) is 0 Å². The van der Waals surface area contributed by atoms with Crippen molar-refractivity contribution in [1.82, 2.24) is 0 Å². The predicted molar refractivity (Wildman–Crippen MR) is 150 cm³/mol. The first-order valence-corrected chi connectivity index (χ1v) is 13.9. The molecule has 5 rings (SSSR count). The highest BCUT2D eigenvalue weighted by Gasteiger charge is 2.50. The van der Waals surface area contributed by atoms with Crippen LogP contribution in [0.2, 0.25) is 0 Å². The fourth-order valence-corrected chi connectivity index (χ4v) is 5.14. The monoisotopic (exact) mass is 652 g/mol. The van der Waals surface area contributed by atoms with Gasteiger partial charge >= 0.3 is 5.97 Å². The Bertz CT molecular complexity index is 1650. The molecule has 0 radical (unpaired) electrons. The lowest BCUT2D eigenvalue weighted by molar-refractivity contribution is -0.319. The van der Waals surface area contributed by atoms with Crippen molar-refractivity contribution in [1.29, 1.82) is 0 Å². The van der Waals surface area contributed by atoms with Gasteiger partial charge in [-0.3, -0.25) is 9.59 Å². The number of carbonyl (C=O) groups excluding carboxylic acids is 1. The van der Waals surface area contributed by atoms with Crippen LogP contribution >= 0.6 is 0 Å². The third-order valence-electron chi connectivity index (χ3n) is 7.57. The van der Waals surface area contributed by atoms with Crippen molar-refractivity contribution in [3.05, 3.63) is 40.6 Å². The minimum Gasteiger partial charge on any atom is -0.508 e. The Morgan fingerprint density at radius 1 is 0.826 bits per heavy atom. The first-order chi connectivity index (χ1) is 21.7. The Morgan fingerprint density at radius 2 is 1.54 bits per heavy atom. The zero-order valence-electron chi connectivity index (χ0n) is 24.2. The summed E-state index contributed by atoms with van der Waals surface area (Å²) in [5, 5.41) is 91.9.